The van der Waals surface area contributed by atoms with Gasteiger partial charge >= 0.3 is 0 Å². The number of aliphatic imine (C=N–C) groups is 1. The Kier molecular flexibility index (Phi) is 9.93. The Balaban J connectivity index is 0.00000300. The lowest BCUT2D eigenvalue weighted by molar-refractivity contribution is 0.123. The summed E-state index contributed by atoms with van der Waals surface area (Å²) in [4.78, 5) is 4.77. The van der Waals surface area contributed by atoms with Crippen LogP contribution in [0, 0.1) is 19.8 Å². The fourth-order valence-corrected chi connectivity index (χ4v) is 3.14. The van der Waals surface area contributed by atoms with Gasteiger partial charge < -0.3 is 15.4 Å². The molecule has 1 heterocycles. The molecule has 0 unspecified atom stereocenters. The molecular weight excluding hydrogens is 477 g/mol. The van der Waals surface area contributed by atoms with E-state index in [4.69, 9.17) is 14.8 Å². The van der Waals surface area contributed by atoms with Gasteiger partial charge in [-0.05, 0) is 58.1 Å². The van der Waals surface area contributed by atoms with Crippen LogP contribution in [0.5, 0.6) is 0 Å². The average molecular weight is 511 g/mol. The van der Waals surface area contributed by atoms with E-state index in [1.54, 1.807) is 0 Å². The van der Waals surface area contributed by atoms with E-state index >= 15 is 0 Å². The van der Waals surface area contributed by atoms with Crippen molar-refractivity contribution >= 4 is 29.9 Å². The van der Waals surface area contributed by atoms with Gasteiger partial charge in [-0.25, -0.2) is 9.67 Å². The van der Waals surface area contributed by atoms with Gasteiger partial charge in [-0.2, -0.15) is 5.10 Å². The Morgan fingerprint density at radius 2 is 1.97 bits per heavy atom. The molecule has 29 heavy (non-hydrogen) atoms. The minimum atomic E-state index is 0. The van der Waals surface area contributed by atoms with Gasteiger partial charge in [-0.1, -0.05) is 18.2 Å². The van der Waals surface area contributed by atoms with Gasteiger partial charge in [0.1, 0.15) is 0 Å². The number of hydrogen-bond donors (Lipinski definition) is 2. The fourth-order valence-electron chi connectivity index (χ4n) is 3.14. The van der Waals surface area contributed by atoms with E-state index in [2.05, 4.69) is 43.5 Å². The number of guanidine groups is 1. The van der Waals surface area contributed by atoms with Gasteiger partial charge in [-0.15, -0.1) is 24.0 Å². The number of rotatable bonds is 10. The lowest BCUT2D eigenvalue weighted by Gasteiger charge is -2.11. The van der Waals surface area contributed by atoms with E-state index in [9.17, 15) is 0 Å². The molecule has 1 aromatic heterocycles. The van der Waals surface area contributed by atoms with E-state index < -0.39 is 0 Å². The van der Waals surface area contributed by atoms with Crippen molar-refractivity contribution in [3.05, 3.63) is 47.3 Å². The number of nitrogens with zero attached hydrogens (tertiary/aromatic N) is 3. The smallest absolute Gasteiger partial charge is 0.191 e. The zero-order valence-electron chi connectivity index (χ0n) is 17.8. The summed E-state index contributed by atoms with van der Waals surface area (Å²) < 4.78 is 7.69. The maximum Gasteiger partial charge on any atom is 0.191 e. The van der Waals surface area contributed by atoms with Crippen molar-refractivity contribution in [2.75, 3.05) is 26.3 Å². The number of aryl methyl sites for hydroxylation is 1. The second-order valence-corrected chi connectivity index (χ2v) is 7.39. The summed E-state index contributed by atoms with van der Waals surface area (Å²) >= 11 is 0. The SMILES string of the molecule is CCNC(=NCc1c(C)nn(-c2ccccc2)c1C)NCCCOCC1CC1.I. The first-order chi connectivity index (χ1) is 13.7. The lowest BCUT2D eigenvalue weighted by atomic mass is 10.2. The average Bonchev–Trinajstić information content (AvgIpc) is 3.48. The molecule has 3 rings (SSSR count). The molecule has 0 amide bonds. The largest absolute Gasteiger partial charge is 0.381 e. The maximum absolute atomic E-state index is 5.69. The van der Waals surface area contributed by atoms with Crippen LogP contribution in [0.15, 0.2) is 35.3 Å². The number of aromatic nitrogens is 2. The second kappa shape index (κ2) is 12.2. The third-order valence-electron chi connectivity index (χ3n) is 4.99. The molecule has 0 aliphatic heterocycles. The van der Waals surface area contributed by atoms with Crippen LogP contribution in [0.1, 0.15) is 43.1 Å². The molecule has 7 heteroatoms. The molecule has 6 nitrogen and oxygen atoms in total. The second-order valence-electron chi connectivity index (χ2n) is 7.39. The summed E-state index contributed by atoms with van der Waals surface area (Å²) in [5, 5.41) is 11.4. The number of benzene rings is 1. The molecule has 2 aromatic rings. The standard InChI is InChI=1S/C22H33N5O.HI/c1-4-23-22(24-13-8-14-28-16-19-11-12-19)25-15-21-17(2)26-27(18(21)3)20-9-6-5-7-10-20;/h5-7,9-10,19H,4,8,11-16H2,1-3H3,(H2,23,24,25);1H. The van der Waals surface area contributed by atoms with E-state index in [0.717, 1.165) is 61.7 Å². The van der Waals surface area contributed by atoms with Crippen molar-refractivity contribution in [3.63, 3.8) is 0 Å². The van der Waals surface area contributed by atoms with Gasteiger partial charge in [0.05, 0.1) is 17.9 Å². The van der Waals surface area contributed by atoms with Crippen LogP contribution in [0.3, 0.4) is 0 Å². The van der Waals surface area contributed by atoms with Crippen molar-refractivity contribution in [2.45, 2.75) is 46.6 Å². The van der Waals surface area contributed by atoms with Crippen LogP contribution < -0.4 is 10.6 Å². The van der Waals surface area contributed by atoms with E-state index in [-0.39, 0.29) is 24.0 Å². The first-order valence-electron chi connectivity index (χ1n) is 10.4. The maximum atomic E-state index is 5.69. The molecule has 0 radical (unpaired) electrons. The molecule has 0 atom stereocenters. The van der Waals surface area contributed by atoms with Gasteiger partial charge in [0, 0.05) is 37.6 Å². The third-order valence-corrected chi connectivity index (χ3v) is 4.99. The van der Waals surface area contributed by atoms with Crippen LogP contribution in [0.25, 0.3) is 5.69 Å². The minimum absolute atomic E-state index is 0. The molecule has 1 aliphatic carbocycles. The highest BCUT2D eigenvalue weighted by Crippen LogP contribution is 2.28. The molecule has 1 fully saturated rings. The fraction of sp³-hybridized carbons (Fsp3) is 0.545. The summed E-state index contributed by atoms with van der Waals surface area (Å²) in [6.07, 6.45) is 3.67. The first kappa shape index (κ1) is 23.7. The molecule has 160 valence electrons. The minimum Gasteiger partial charge on any atom is -0.381 e. The highest BCUT2D eigenvalue weighted by Gasteiger charge is 2.20. The predicted octanol–water partition coefficient (Wildman–Crippen LogP) is 3.98. The van der Waals surface area contributed by atoms with Crippen molar-refractivity contribution in [2.24, 2.45) is 10.9 Å². The van der Waals surface area contributed by atoms with Crippen LogP contribution >= 0.6 is 24.0 Å². The van der Waals surface area contributed by atoms with Crippen molar-refractivity contribution in [1.29, 1.82) is 0 Å². The van der Waals surface area contributed by atoms with E-state index in [0.29, 0.717) is 6.54 Å². The monoisotopic (exact) mass is 511 g/mol. The Labute approximate surface area is 191 Å². The van der Waals surface area contributed by atoms with Crippen LogP contribution in [-0.4, -0.2) is 42.0 Å². The molecule has 1 aliphatic rings. The molecule has 1 aromatic carbocycles. The Bertz CT molecular complexity index is 771. The zero-order valence-corrected chi connectivity index (χ0v) is 20.1. The summed E-state index contributed by atoms with van der Waals surface area (Å²) in [5.41, 5.74) is 4.41. The summed E-state index contributed by atoms with van der Waals surface area (Å²) in [7, 11) is 0. The van der Waals surface area contributed by atoms with Crippen LogP contribution in [0.4, 0.5) is 0 Å². The molecular formula is C22H34IN5O. The zero-order chi connectivity index (χ0) is 19.8. The molecule has 0 saturated heterocycles. The quantitative estimate of drug-likeness (QED) is 0.219. The Morgan fingerprint density at radius 1 is 1.21 bits per heavy atom. The number of nitrogens with one attached hydrogen (secondary N) is 2. The Morgan fingerprint density at radius 3 is 2.66 bits per heavy atom. The Hall–Kier alpha value is -1.61. The summed E-state index contributed by atoms with van der Waals surface area (Å²) in [6, 6.07) is 10.2. The number of halogens is 1. The van der Waals surface area contributed by atoms with Gasteiger partial charge in [0.25, 0.3) is 0 Å². The topological polar surface area (TPSA) is 63.5 Å². The highest BCUT2D eigenvalue weighted by molar-refractivity contribution is 14.0. The van der Waals surface area contributed by atoms with Crippen LogP contribution in [-0.2, 0) is 11.3 Å². The van der Waals surface area contributed by atoms with Crippen molar-refractivity contribution in [1.82, 2.24) is 20.4 Å². The first-order valence-corrected chi connectivity index (χ1v) is 10.4. The predicted molar refractivity (Wildman–Crippen MR) is 129 cm³/mol. The third kappa shape index (κ3) is 7.29. The summed E-state index contributed by atoms with van der Waals surface area (Å²) in [5.74, 6) is 1.67. The molecule has 1 saturated carbocycles. The number of para-hydroxylation sites is 1. The van der Waals surface area contributed by atoms with Gasteiger partial charge in [0.2, 0.25) is 0 Å². The van der Waals surface area contributed by atoms with Crippen molar-refractivity contribution < 1.29 is 4.74 Å². The lowest BCUT2D eigenvalue weighted by Crippen LogP contribution is -2.38. The number of hydrogen-bond acceptors (Lipinski definition) is 3. The van der Waals surface area contributed by atoms with Crippen molar-refractivity contribution in [3.8, 4) is 5.69 Å². The normalized spacial score (nSPS) is 13.8. The summed E-state index contributed by atoms with van der Waals surface area (Å²) in [6.45, 7) is 10.3. The highest BCUT2D eigenvalue weighted by atomic mass is 127. The molecule has 0 bridgehead atoms. The van der Waals surface area contributed by atoms with Crippen LogP contribution in [0.2, 0.25) is 0 Å². The number of ether oxygens (including phenoxy) is 1. The molecule has 2 N–H and O–H groups in total. The van der Waals surface area contributed by atoms with Gasteiger partial charge in [-0.3, -0.25) is 0 Å². The van der Waals surface area contributed by atoms with E-state index in [1.807, 2.05) is 22.9 Å². The van der Waals surface area contributed by atoms with E-state index in [1.165, 1.54) is 18.4 Å². The van der Waals surface area contributed by atoms with Gasteiger partial charge in [0.15, 0.2) is 5.96 Å². The molecule has 0 spiro atoms.